The van der Waals surface area contributed by atoms with E-state index in [-0.39, 0.29) is 0 Å². The minimum absolute atomic E-state index is 0.301. The van der Waals surface area contributed by atoms with Crippen molar-refractivity contribution >= 4 is 17.9 Å². The molecule has 0 atom stereocenters. The lowest BCUT2D eigenvalue weighted by molar-refractivity contribution is -0.129. The Labute approximate surface area is 94.8 Å². The fourth-order valence-corrected chi connectivity index (χ4v) is 1.46. The van der Waals surface area contributed by atoms with Gasteiger partial charge in [-0.1, -0.05) is 6.92 Å². The second-order valence-electron chi connectivity index (χ2n) is 3.36. The third-order valence-corrected chi connectivity index (χ3v) is 2.46. The number of amides is 1. The van der Waals surface area contributed by atoms with Gasteiger partial charge in [0, 0.05) is 12.7 Å². The molecule has 4 nitrogen and oxygen atoms in total. The first-order valence-electron chi connectivity index (χ1n) is 5.03. The maximum atomic E-state index is 11.2. The number of rotatable bonds is 4. The fraction of sp³-hybridized carbons (Fsp3) is 0.333. The van der Waals surface area contributed by atoms with Gasteiger partial charge in [0.2, 0.25) is 6.29 Å². The van der Waals surface area contributed by atoms with Crippen LogP contribution in [0.2, 0.25) is 0 Å². The van der Waals surface area contributed by atoms with Crippen molar-refractivity contribution in [3.05, 3.63) is 23.8 Å². The molecule has 0 saturated carbocycles. The van der Waals surface area contributed by atoms with Crippen molar-refractivity contribution < 1.29 is 14.3 Å². The van der Waals surface area contributed by atoms with Crippen LogP contribution in [0.1, 0.15) is 12.5 Å². The molecule has 0 aromatic heterocycles. The molecule has 0 unspecified atom stereocenters. The lowest BCUT2D eigenvalue weighted by Crippen LogP contribution is -2.26. The largest absolute Gasteiger partial charge is 0.496 e. The van der Waals surface area contributed by atoms with Crippen molar-refractivity contribution in [3.63, 3.8) is 0 Å². The monoisotopic (exact) mass is 221 g/mol. The molecule has 0 bridgehead atoms. The molecule has 1 amide bonds. The molecule has 1 aromatic carbocycles. The van der Waals surface area contributed by atoms with Gasteiger partial charge in [0.15, 0.2) is 0 Å². The summed E-state index contributed by atoms with van der Waals surface area (Å²) in [6.45, 7) is 2.00. The van der Waals surface area contributed by atoms with Crippen molar-refractivity contribution in [1.29, 1.82) is 0 Å². The molecule has 0 spiro atoms. The number of hydrogen-bond acceptors (Lipinski definition) is 3. The molecule has 0 N–H and O–H groups in total. The van der Waals surface area contributed by atoms with Crippen molar-refractivity contribution in [2.24, 2.45) is 0 Å². The van der Waals surface area contributed by atoms with E-state index < -0.39 is 5.91 Å². The third-order valence-electron chi connectivity index (χ3n) is 2.46. The molecule has 16 heavy (non-hydrogen) atoms. The number of aldehydes is 1. The van der Waals surface area contributed by atoms with Crippen molar-refractivity contribution in [3.8, 4) is 5.75 Å². The number of carbonyl (C=O) groups is 2. The summed E-state index contributed by atoms with van der Waals surface area (Å²) in [6.07, 6.45) is 1.11. The maximum Gasteiger partial charge on any atom is 0.290 e. The number of nitrogens with zero attached hydrogens (tertiary/aromatic N) is 1. The van der Waals surface area contributed by atoms with Crippen LogP contribution >= 0.6 is 0 Å². The number of carbonyl (C=O) groups excluding carboxylic acids is 2. The Morgan fingerprint density at radius 3 is 2.69 bits per heavy atom. The van der Waals surface area contributed by atoms with E-state index in [1.54, 1.807) is 26.3 Å². The number of methoxy groups -OCH3 is 1. The van der Waals surface area contributed by atoms with E-state index in [1.165, 1.54) is 4.90 Å². The Morgan fingerprint density at radius 2 is 2.19 bits per heavy atom. The molecule has 1 aromatic rings. The summed E-state index contributed by atoms with van der Waals surface area (Å²) in [5.41, 5.74) is 1.69. The molecule has 0 aliphatic carbocycles. The van der Waals surface area contributed by atoms with E-state index in [4.69, 9.17) is 4.74 Å². The van der Waals surface area contributed by atoms with Gasteiger partial charge in [0.05, 0.1) is 7.11 Å². The third kappa shape index (κ3) is 2.39. The summed E-state index contributed by atoms with van der Waals surface area (Å²) in [4.78, 5) is 22.9. The molecule has 86 valence electrons. The van der Waals surface area contributed by atoms with Crippen LogP contribution in [0.25, 0.3) is 0 Å². The predicted octanol–water partition coefficient (Wildman–Crippen LogP) is 1.42. The van der Waals surface area contributed by atoms with Gasteiger partial charge in [-0.15, -0.1) is 0 Å². The minimum atomic E-state index is -0.563. The smallest absolute Gasteiger partial charge is 0.290 e. The lowest BCUT2D eigenvalue weighted by atomic mass is 10.1. The fourth-order valence-electron chi connectivity index (χ4n) is 1.46. The van der Waals surface area contributed by atoms with Crippen molar-refractivity contribution in [1.82, 2.24) is 0 Å². The van der Waals surface area contributed by atoms with Crippen molar-refractivity contribution in [2.45, 2.75) is 13.3 Å². The first-order chi connectivity index (χ1) is 7.63. The van der Waals surface area contributed by atoms with Gasteiger partial charge >= 0.3 is 0 Å². The van der Waals surface area contributed by atoms with E-state index in [2.05, 4.69) is 0 Å². The first kappa shape index (κ1) is 12.2. The zero-order chi connectivity index (χ0) is 12.1. The van der Waals surface area contributed by atoms with Crippen LogP contribution in [0.5, 0.6) is 5.75 Å². The molecule has 0 heterocycles. The van der Waals surface area contributed by atoms with Gasteiger partial charge in [-0.05, 0) is 30.2 Å². The highest BCUT2D eigenvalue weighted by molar-refractivity contribution is 6.30. The van der Waals surface area contributed by atoms with Gasteiger partial charge < -0.3 is 9.64 Å². The molecule has 0 fully saturated rings. The summed E-state index contributed by atoms with van der Waals surface area (Å²) in [6, 6.07) is 5.39. The van der Waals surface area contributed by atoms with E-state index in [0.717, 1.165) is 17.7 Å². The second kappa shape index (κ2) is 5.30. The number of hydrogen-bond donors (Lipinski definition) is 0. The Balaban J connectivity index is 3.07. The minimum Gasteiger partial charge on any atom is -0.496 e. The number of likely N-dealkylation sites (N-methyl/N-ethyl adjacent to an activating group) is 1. The molecule has 0 radical (unpaired) electrons. The van der Waals surface area contributed by atoms with Crippen LogP contribution in [0.15, 0.2) is 18.2 Å². The normalized spacial score (nSPS) is 9.69. The lowest BCUT2D eigenvalue weighted by Gasteiger charge is -2.16. The highest BCUT2D eigenvalue weighted by atomic mass is 16.5. The highest BCUT2D eigenvalue weighted by Crippen LogP contribution is 2.24. The standard InChI is InChI=1S/C12H15NO3/c1-4-9-7-10(5-6-11(9)16-3)13(2)12(15)8-14/h5-8H,4H2,1-3H3. The van der Waals surface area contributed by atoms with Crippen molar-refractivity contribution in [2.75, 3.05) is 19.1 Å². The number of benzene rings is 1. The summed E-state index contributed by atoms with van der Waals surface area (Å²) in [5, 5.41) is 0. The number of aryl methyl sites for hydroxylation is 1. The molecule has 0 saturated heterocycles. The first-order valence-corrected chi connectivity index (χ1v) is 5.03. The highest BCUT2D eigenvalue weighted by Gasteiger charge is 2.11. The average molecular weight is 221 g/mol. The average Bonchev–Trinajstić information content (AvgIpc) is 2.35. The SMILES string of the molecule is CCc1cc(N(C)C(=O)C=O)ccc1OC. The van der Waals surface area contributed by atoms with Crippen LogP contribution in [-0.2, 0) is 16.0 Å². The van der Waals surface area contributed by atoms with Crippen LogP contribution in [0.3, 0.4) is 0 Å². The summed E-state index contributed by atoms with van der Waals surface area (Å²) in [5.74, 6) is 0.227. The van der Waals surface area contributed by atoms with Gasteiger partial charge in [-0.2, -0.15) is 0 Å². The van der Waals surface area contributed by atoms with Crippen LogP contribution in [0.4, 0.5) is 5.69 Å². The van der Waals surface area contributed by atoms with Crippen LogP contribution in [-0.4, -0.2) is 26.4 Å². The molecule has 1 rings (SSSR count). The Kier molecular flexibility index (Phi) is 4.05. The quantitative estimate of drug-likeness (QED) is 0.570. The van der Waals surface area contributed by atoms with E-state index in [1.807, 2.05) is 13.0 Å². The zero-order valence-electron chi connectivity index (χ0n) is 9.69. The summed E-state index contributed by atoms with van der Waals surface area (Å²) < 4.78 is 5.18. The molecule has 0 aliphatic heterocycles. The number of anilines is 1. The molecular weight excluding hydrogens is 206 g/mol. The molecular formula is C12H15NO3. The summed E-state index contributed by atoms with van der Waals surface area (Å²) in [7, 11) is 3.17. The topological polar surface area (TPSA) is 46.6 Å². The maximum absolute atomic E-state index is 11.2. The van der Waals surface area contributed by atoms with Gasteiger partial charge in [0.25, 0.3) is 5.91 Å². The van der Waals surface area contributed by atoms with Gasteiger partial charge in [-0.3, -0.25) is 9.59 Å². The van der Waals surface area contributed by atoms with Gasteiger partial charge in [-0.25, -0.2) is 0 Å². The summed E-state index contributed by atoms with van der Waals surface area (Å²) >= 11 is 0. The molecule has 0 aliphatic rings. The Hall–Kier alpha value is -1.84. The van der Waals surface area contributed by atoms with E-state index in [0.29, 0.717) is 12.0 Å². The Bertz CT molecular complexity index is 401. The van der Waals surface area contributed by atoms with Crippen LogP contribution < -0.4 is 9.64 Å². The second-order valence-corrected chi connectivity index (χ2v) is 3.36. The number of ether oxygens (including phenoxy) is 1. The predicted molar refractivity (Wildman–Crippen MR) is 61.8 cm³/mol. The van der Waals surface area contributed by atoms with Crippen LogP contribution in [0, 0.1) is 0 Å². The van der Waals surface area contributed by atoms with E-state index in [9.17, 15) is 9.59 Å². The molecule has 4 heteroatoms. The zero-order valence-corrected chi connectivity index (χ0v) is 9.69. The van der Waals surface area contributed by atoms with E-state index >= 15 is 0 Å². The van der Waals surface area contributed by atoms with Gasteiger partial charge in [0.1, 0.15) is 5.75 Å². The Morgan fingerprint density at radius 1 is 1.50 bits per heavy atom.